The number of nitrogens with two attached hydrogens (primary N) is 1. The topological polar surface area (TPSA) is 82.1 Å². The van der Waals surface area contributed by atoms with Crippen LogP contribution in [0.25, 0.3) is 22.3 Å². The molecule has 0 spiro atoms. The molecule has 32 heavy (non-hydrogen) atoms. The van der Waals surface area contributed by atoms with Gasteiger partial charge in [-0.3, -0.25) is 9.47 Å². The maximum Gasteiger partial charge on any atom is 0.298 e. The summed E-state index contributed by atoms with van der Waals surface area (Å²) in [6, 6.07) is 17.8. The second kappa shape index (κ2) is 8.59. The summed E-state index contributed by atoms with van der Waals surface area (Å²) in [5.74, 6) is 0.984. The lowest BCUT2D eigenvalue weighted by atomic mass is 9.97. The van der Waals surface area contributed by atoms with Gasteiger partial charge in [0.25, 0.3) is 6.01 Å². The van der Waals surface area contributed by atoms with Gasteiger partial charge < -0.3 is 10.5 Å². The monoisotopic (exact) mass is 428 g/mol. The molecule has 1 aliphatic heterocycles. The summed E-state index contributed by atoms with van der Waals surface area (Å²) < 4.78 is 7.48. The number of fused-ring (bicyclic) bond motifs is 1. The number of nitrogen functional groups attached to an aromatic ring is 1. The number of imidazole rings is 1. The second-order valence-corrected chi connectivity index (χ2v) is 8.35. The molecule has 2 aromatic heterocycles. The van der Waals surface area contributed by atoms with E-state index in [0.29, 0.717) is 35.4 Å². The minimum absolute atomic E-state index is 0.370. The Labute approximate surface area is 187 Å². The maximum atomic E-state index is 6.08. The van der Waals surface area contributed by atoms with Crippen LogP contribution < -0.4 is 10.5 Å². The molecular formula is C25H28N6O. The minimum atomic E-state index is 0.370. The van der Waals surface area contributed by atoms with E-state index in [1.807, 2.05) is 11.5 Å². The molecule has 0 atom stereocenters. The molecule has 0 aliphatic carbocycles. The van der Waals surface area contributed by atoms with Crippen LogP contribution in [0.5, 0.6) is 6.01 Å². The van der Waals surface area contributed by atoms with E-state index in [4.69, 9.17) is 10.5 Å². The number of benzene rings is 2. The Balaban J connectivity index is 1.50. The highest BCUT2D eigenvalue weighted by atomic mass is 16.5. The van der Waals surface area contributed by atoms with Crippen molar-refractivity contribution >= 4 is 17.0 Å². The largest absolute Gasteiger partial charge is 0.468 e. The second-order valence-electron chi connectivity index (χ2n) is 8.35. The molecule has 3 heterocycles. The van der Waals surface area contributed by atoms with Gasteiger partial charge in [0.1, 0.15) is 5.82 Å². The van der Waals surface area contributed by atoms with E-state index >= 15 is 0 Å². The zero-order chi connectivity index (χ0) is 22.1. The Morgan fingerprint density at radius 1 is 0.969 bits per heavy atom. The van der Waals surface area contributed by atoms with Gasteiger partial charge in [-0.1, -0.05) is 42.5 Å². The average Bonchev–Trinajstić information content (AvgIpc) is 3.43. The molecule has 0 amide bonds. The number of hydrogen-bond acceptors (Lipinski definition) is 6. The lowest BCUT2D eigenvalue weighted by molar-refractivity contribution is 0.332. The number of aryl methyl sites for hydroxylation is 1. The first kappa shape index (κ1) is 20.5. The number of nitrogens with zero attached hydrogens (tertiary/aromatic N) is 5. The van der Waals surface area contributed by atoms with Crippen LogP contribution in [-0.2, 0) is 13.1 Å². The molecule has 164 valence electrons. The summed E-state index contributed by atoms with van der Waals surface area (Å²) >= 11 is 0. The Hall–Kier alpha value is -3.45. The first-order valence-corrected chi connectivity index (χ1v) is 11.1. The van der Waals surface area contributed by atoms with E-state index in [2.05, 4.69) is 68.4 Å². The molecule has 2 N–H and O–H groups in total. The lowest BCUT2D eigenvalue weighted by Gasteiger charge is -2.18. The number of methoxy groups -OCH3 is 1. The Kier molecular flexibility index (Phi) is 5.49. The predicted octanol–water partition coefficient (Wildman–Crippen LogP) is 4.04. The van der Waals surface area contributed by atoms with Crippen molar-refractivity contribution in [2.45, 2.75) is 32.9 Å². The van der Waals surface area contributed by atoms with Crippen LogP contribution in [0.2, 0.25) is 0 Å². The Morgan fingerprint density at radius 3 is 2.59 bits per heavy atom. The van der Waals surface area contributed by atoms with Crippen molar-refractivity contribution in [2.75, 3.05) is 25.9 Å². The number of hydrogen-bond donors (Lipinski definition) is 1. The molecule has 0 radical (unpaired) electrons. The van der Waals surface area contributed by atoms with E-state index < -0.39 is 0 Å². The van der Waals surface area contributed by atoms with E-state index in [-0.39, 0.29) is 0 Å². The summed E-state index contributed by atoms with van der Waals surface area (Å²) in [5, 5.41) is 0. The van der Waals surface area contributed by atoms with Crippen LogP contribution in [0.1, 0.15) is 29.8 Å². The SMILES string of the molecule is COc1nc2c(N)nc(C)nc2n1Cc1cccc(-c2ccccc2CN2CCCC2)c1. The van der Waals surface area contributed by atoms with Gasteiger partial charge >= 0.3 is 0 Å². The van der Waals surface area contributed by atoms with Crippen molar-refractivity contribution in [2.24, 2.45) is 0 Å². The molecule has 1 aliphatic rings. The smallest absolute Gasteiger partial charge is 0.298 e. The van der Waals surface area contributed by atoms with Gasteiger partial charge in [0.15, 0.2) is 17.0 Å². The maximum absolute atomic E-state index is 6.08. The van der Waals surface area contributed by atoms with Gasteiger partial charge in [0.05, 0.1) is 13.7 Å². The third-order valence-electron chi connectivity index (χ3n) is 6.07. The number of likely N-dealkylation sites (tertiary alicyclic amines) is 1. The van der Waals surface area contributed by atoms with Gasteiger partial charge in [0, 0.05) is 6.54 Å². The van der Waals surface area contributed by atoms with Gasteiger partial charge in [-0.15, -0.1) is 0 Å². The highest BCUT2D eigenvalue weighted by molar-refractivity contribution is 5.83. The van der Waals surface area contributed by atoms with Crippen LogP contribution in [0.15, 0.2) is 48.5 Å². The number of anilines is 1. The van der Waals surface area contributed by atoms with Crippen LogP contribution >= 0.6 is 0 Å². The van der Waals surface area contributed by atoms with Crippen LogP contribution in [-0.4, -0.2) is 44.6 Å². The van der Waals surface area contributed by atoms with Crippen molar-refractivity contribution in [1.29, 1.82) is 0 Å². The molecule has 5 rings (SSSR count). The molecule has 1 fully saturated rings. The minimum Gasteiger partial charge on any atom is -0.468 e. The molecule has 0 saturated carbocycles. The van der Waals surface area contributed by atoms with Gasteiger partial charge in [-0.2, -0.15) is 4.98 Å². The van der Waals surface area contributed by atoms with Gasteiger partial charge in [-0.05, 0) is 61.2 Å². The zero-order valence-electron chi connectivity index (χ0n) is 18.6. The summed E-state index contributed by atoms with van der Waals surface area (Å²) in [5.41, 5.74) is 12.4. The van der Waals surface area contributed by atoms with Gasteiger partial charge in [0.2, 0.25) is 0 Å². The van der Waals surface area contributed by atoms with Gasteiger partial charge in [-0.25, -0.2) is 9.97 Å². The van der Waals surface area contributed by atoms with E-state index in [1.165, 1.54) is 42.6 Å². The van der Waals surface area contributed by atoms with Crippen molar-refractivity contribution in [3.63, 3.8) is 0 Å². The molecule has 0 bridgehead atoms. The predicted molar refractivity (Wildman–Crippen MR) is 127 cm³/mol. The van der Waals surface area contributed by atoms with Crippen LogP contribution in [0, 0.1) is 6.92 Å². The molecular weight excluding hydrogens is 400 g/mol. The van der Waals surface area contributed by atoms with E-state index in [0.717, 1.165) is 12.1 Å². The molecule has 0 unspecified atom stereocenters. The standard InChI is InChI=1S/C25H28N6O/c1-17-27-23(26)22-24(28-17)31(25(29-22)32-2)15-18-8-7-10-19(14-18)21-11-4-3-9-20(21)16-30-12-5-6-13-30/h3-4,7-11,14H,5-6,12-13,15-16H2,1-2H3,(H2,26,27,28). The lowest BCUT2D eigenvalue weighted by Crippen LogP contribution is -2.18. The van der Waals surface area contributed by atoms with Crippen molar-refractivity contribution in [3.8, 4) is 17.1 Å². The average molecular weight is 429 g/mol. The molecule has 7 heteroatoms. The molecule has 2 aromatic carbocycles. The van der Waals surface area contributed by atoms with Crippen molar-refractivity contribution in [1.82, 2.24) is 24.4 Å². The van der Waals surface area contributed by atoms with Crippen molar-refractivity contribution in [3.05, 3.63) is 65.5 Å². The van der Waals surface area contributed by atoms with Crippen molar-refractivity contribution < 1.29 is 4.74 Å². The van der Waals surface area contributed by atoms with Crippen LogP contribution in [0.4, 0.5) is 5.82 Å². The molecule has 1 saturated heterocycles. The third kappa shape index (κ3) is 3.91. The normalized spacial score (nSPS) is 14.3. The highest BCUT2D eigenvalue weighted by Gasteiger charge is 2.18. The van der Waals surface area contributed by atoms with Crippen LogP contribution in [0.3, 0.4) is 0 Å². The highest BCUT2D eigenvalue weighted by Crippen LogP contribution is 2.29. The quantitative estimate of drug-likeness (QED) is 0.499. The third-order valence-corrected chi connectivity index (χ3v) is 6.07. The summed E-state index contributed by atoms with van der Waals surface area (Å²) in [6.45, 7) is 5.78. The molecule has 4 aromatic rings. The zero-order valence-corrected chi connectivity index (χ0v) is 18.6. The van der Waals surface area contributed by atoms with E-state index in [1.54, 1.807) is 7.11 Å². The Bertz CT molecular complexity index is 1260. The summed E-state index contributed by atoms with van der Waals surface area (Å²) in [7, 11) is 1.61. The fourth-order valence-electron chi connectivity index (χ4n) is 4.55. The first-order valence-electron chi connectivity index (χ1n) is 11.1. The number of aromatic nitrogens is 4. The number of rotatable bonds is 6. The first-order chi connectivity index (χ1) is 15.6. The number of ether oxygens (including phenoxy) is 1. The Morgan fingerprint density at radius 2 is 1.78 bits per heavy atom. The molecule has 7 nitrogen and oxygen atoms in total. The fraction of sp³-hybridized carbons (Fsp3) is 0.320. The van der Waals surface area contributed by atoms with E-state index in [9.17, 15) is 0 Å². The summed E-state index contributed by atoms with van der Waals surface area (Å²) in [4.78, 5) is 15.9. The fourth-order valence-corrected chi connectivity index (χ4v) is 4.55. The summed E-state index contributed by atoms with van der Waals surface area (Å²) in [6.07, 6.45) is 2.60.